The summed E-state index contributed by atoms with van der Waals surface area (Å²) in [5.41, 5.74) is 0. The van der Waals surface area contributed by atoms with Crippen LogP contribution in [0.5, 0.6) is 0 Å². The van der Waals surface area contributed by atoms with Gasteiger partial charge >= 0.3 is 5.97 Å². The average molecular weight is 812 g/mol. The van der Waals surface area contributed by atoms with E-state index in [2.05, 4.69) is 31.0 Å². The summed E-state index contributed by atoms with van der Waals surface area (Å²) in [5.74, 6) is -0.00429. The van der Waals surface area contributed by atoms with Gasteiger partial charge in [0.25, 0.3) is 0 Å². The third-order valence-electron chi connectivity index (χ3n) is 11.1. The molecule has 56 heavy (non-hydrogen) atoms. The summed E-state index contributed by atoms with van der Waals surface area (Å²) in [6.07, 6.45) is 41.3. The third kappa shape index (κ3) is 41.2. The lowest BCUT2D eigenvalue weighted by atomic mass is 10.0. The van der Waals surface area contributed by atoms with Crippen molar-refractivity contribution in [2.45, 2.75) is 239 Å². The van der Waals surface area contributed by atoms with Gasteiger partial charge in [-0.05, 0) is 83.2 Å². The lowest BCUT2D eigenvalue weighted by Gasteiger charge is -2.23. The molecule has 1 N–H and O–H groups in total. The van der Waals surface area contributed by atoms with Gasteiger partial charge in [-0.25, -0.2) is 0 Å². The number of hydrogen-bond acceptors (Lipinski definition) is 6. The number of thiocarbonyl (C=S) groups is 1. The molecule has 0 rings (SSSR count). The van der Waals surface area contributed by atoms with E-state index in [0.717, 1.165) is 63.3 Å². The van der Waals surface area contributed by atoms with Crippen molar-refractivity contribution >= 4 is 23.3 Å². The standard InChI is InChI=1S/C48H97N3O4S/c1-6-9-12-15-17-23-30-38-47(52)54-44-34-27-20-25-32-41-51(42-35-39-49-48(56)50(4)5)40-31-24-18-19-26-33-43-53-45-55-46(36-28-21-14-11-8-3)37-29-22-16-13-10-7-2/h46H,6-45H2,1-5H3,(H,49,56). The molecule has 0 aliphatic heterocycles. The Bertz CT molecular complexity index is 817. The zero-order valence-corrected chi connectivity index (χ0v) is 39.1. The molecule has 0 saturated carbocycles. The van der Waals surface area contributed by atoms with E-state index in [0.29, 0.717) is 25.9 Å². The van der Waals surface area contributed by atoms with Gasteiger partial charge < -0.3 is 29.3 Å². The van der Waals surface area contributed by atoms with Gasteiger partial charge in [-0.3, -0.25) is 4.79 Å². The maximum atomic E-state index is 12.0. The molecule has 7 nitrogen and oxygen atoms in total. The summed E-state index contributed by atoms with van der Waals surface area (Å²) < 4.78 is 17.7. The van der Waals surface area contributed by atoms with Gasteiger partial charge in [-0.1, -0.05) is 175 Å². The molecule has 0 fully saturated rings. The summed E-state index contributed by atoms with van der Waals surface area (Å²) in [7, 11) is 3.99. The largest absolute Gasteiger partial charge is 0.466 e. The molecular formula is C48H97N3O4S. The number of nitrogens with one attached hydrogen (secondary N) is 1. The maximum Gasteiger partial charge on any atom is 0.305 e. The van der Waals surface area contributed by atoms with Crippen molar-refractivity contribution in [1.29, 1.82) is 0 Å². The Morgan fingerprint density at radius 2 is 0.964 bits per heavy atom. The molecule has 334 valence electrons. The number of hydrogen-bond donors (Lipinski definition) is 1. The number of carbonyl (C=O) groups excluding carboxylic acids is 1. The Morgan fingerprint density at radius 1 is 0.536 bits per heavy atom. The fourth-order valence-corrected chi connectivity index (χ4v) is 7.43. The first-order valence-electron chi connectivity index (χ1n) is 24.5. The van der Waals surface area contributed by atoms with E-state index < -0.39 is 0 Å². The first-order valence-corrected chi connectivity index (χ1v) is 24.9. The van der Waals surface area contributed by atoms with Crippen molar-refractivity contribution in [3.8, 4) is 0 Å². The van der Waals surface area contributed by atoms with Gasteiger partial charge in [0.2, 0.25) is 0 Å². The predicted octanol–water partition coefficient (Wildman–Crippen LogP) is 13.6. The van der Waals surface area contributed by atoms with E-state index in [9.17, 15) is 4.79 Å². The Hall–Kier alpha value is -0.960. The van der Waals surface area contributed by atoms with Crippen LogP contribution in [0.15, 0.2) is 0 Å². The highest BCUT2D eigenvalue weighted by Crippen LogP contribution is 2.17. The lowest BCUT2D eigenvalue weighted by Crippen LogP contribution is -2.36. The topological polar surface area (TPSA) is 63.3 Å². The second-order valence-corrected chi connectivity index (χ2v) is 17.3. The van der Waals surface area contributed by atoms with Crippen LogP contribution < -0.4 is 5.32 Å². The molecule has 0 spiro atoms. The molecule has 1 unspecified atom stereocenters. The van der Waals surface area contributed by atoms with E-state index in [1.54, 1.807) is 0 Å². The zero-order chi connectivity index (χ0) is 41.0. The average Bonchev–Trinajstić information content (AvgIpc) is 3.19. The van der Waals surface area contributed by atoms with Gasteiger partial charge in [-0.2, -0.15) is 0 Å². The van der Waals surface area contributed by atoms with E-state index in [1.165, 1.54) is 180 Å². The Labute approximate surface area is 355 Å². The number of ether oxygens (including phenoxy) is 3. The molecule has 0 aromatic heterocycles. The minimum absolute atomic E-state index is 0.00429. The van der Waals surface area contributed by atoms with E-state index in [1.807, 2.05) is 19.0 Å². The summed E-state index contributed by atoms with van der Waals surface area (Å²) in [5, 5.41) is 4.20. The van der Waals surface area contributed by atoms with Crippen LogP contribution in [0.2, 0.25) is 0 Å². The normalized spacial score (nSPS) is 12.0. The molecular weight excluding hydrogens is 715 g/mol. The number of rotatable bonds is 45. The quantitative estimate of drug-likeness (QED) is 0.0282. The molecule has 0 aromatic carbocycles. The summed E-state index contributed by atoms with van der Waals surface area (Å²) in [6.45, 7) is 13.1. The third-order valence-corrected chi connectivity index (χ3v) is 11.6. The van der Waals surface area contributed by atoms with Crippen molar-refractivity contribution in [2.24, 2.45) is 0 Å². The number of esters is 1. The van der Waals surface area contributed by atoms with Gasteiger partial charge in [-0.15, -0.1) is 0 Å². The molecule has 0 bridgehead atoms. The van der Waals surface area contributed by atoms with E-state index >= 15 is 0 Å². The van der Waals surface area contributed by atoms with Crippen LogP contribution >= 0.6 is 12.2 Å². The zero-order valence-electron chi connectivity index (χ0n) is 38.3. The fourth-order valence-electron chi connectivity index (χ4n) is 7.33. The minimum atomic E-state index is -0.00429. The summed E-state index contributed by atoms with van der Waals surface area (Å²) in [4.78, 5) is 16.7. The van der Waals surface area contributed by atoms with Crippen LogP contribution in [0.25, 0.3) is 0 Å². The Morgan fingerprint density at radius 3 is 1.48 bits per heavy atom. The Kier molecular flexibility index (Phi) is 44.4. The van der Waals surface area contributed by atoms with E-state index in [4.69, 9.17) is 26.4 Å². The van der Waals surface area contributed by atoms with Crippen molar-refractivity contribution in [1.82, 2.24) is 15.1 Å². The number of carbonyl (C=O) groups is 1. The maximum absolute atomic E-state index is 12.0. The van der Waals surface area contributed by atoms with Crippen molar-refractivity contribution in [2.75, 3.05) is 60.3 Å². The second kappa shape index (κ2) is 45.1. The minimum Gasteiger partial charge on any atom is -0.466 e. The number of nitrogens with zero attached hydrogens (tertiary/aromatic N) is 2. The van der Waals surface area contributed by atoms with Crippen LogP contribution in [-0.4, -0.2) is 87.3 Å². The van der Waals surface area contributed by atoms with Crippen molar-refractivity contribution in [3.63, 3.8) is 0 Å². The van der Waals surface area contributed by atoms with Crippen LogP contribution in [-0.2, 0) is 19.0 Å². The van der Waals surface area contributed by atoms with Crippen LogP contribution in [0.1, 0.15) is 233 Å². The molecule has 0 aliphatic carbocycles. The van der Waals surface area contributed by atoms with Gasteiger partial charge in [0.05, 0.1) is 12.7 Å². The van der Waals surface area contributed by atoms with Crippen LogP contribution in [0, 0.1) is 0 Å². The van der Waals surface area contributed by atoms with Gasteiger partial charge in [0.1, 0.15) is 6.79 Å². The molecule has 0 aliphatic rings. The van der Waals surface area contributed by atoms with Gasteiger partial charge in [0.15, 0.2) is 5.11 Å². The predicted molar refractivity (Wildman–Crippen MR) is 247 cm³/mol. The van der Waals surface area contributed by atoms with Crippen molar-refractivity contribution in [3.05, 3.63) is 0 Å². The lowest BCUT2D eigenvalue weighted by molar-refractivity contribution is -0.143. The molecule has 8 heteroatoms. The highest BCUT2D eigenvalue weighted by molar-refractivity contribution is 7.80. The Balaban J connectivity index is 4.14. The van der Waals surface area contributed by atoms with Gasteiger partial charge in [0, 0.05) is 33.7 Å². The van der Waals surface area contributed by atoms with Crippen molar-refractivity contribution < 1.29 is 19.0 Å². The van der Waals surface area contributed by atoms with E-state index in [-0.39, 0.29) is 5.97 Å². The summed E-state index contributed by atoms with van der Waals surface area (Å²) in [6, 6.07) is 0. The highest BCUT2D eigenvalue weighted by atomic mass is 32.1. The molecule has 0 radical (unpaired) electrons. The summed E-state index contributed by atoms with van der Waals surface area (Å²) >= 11 is 5.41. The van der Waals surface area contributed by atoms with Crippen LogP contribution in [0.3, 0.4) is 0 Å². The molecule has 0 saturated heterocycles. The second-order valence-electron chi connectivity index (χ2n) is 16.9. The first-order chi connectivity index (χ1) is 27.4. The highest BCUT2D eigenvalue weighted by Gasteiger charge is 2.10. The smallest absolute Gasteiger partial charge is 0.305 e. The molecule has 0 heterocycles. The monoisotopic (exact) mass is 812 g/mol. The molecule has 1 atom stereocenters. The first kappa shape index (κ1) is 55.0. The fraction of sp³-hybridized carbons (Fsp3) is 0.958. The SMILES string of the molecule is CCCCCCCCCC(=O)OCCCCCCCN(CCCCCCCCOCOC(CCCCCCC)CCCCCCCC)CCCNC(=S)N(C)C. The number of unbranched alkanes of at least 4 members (excludes halogenated alkanes) is 24. The molecule has 0 aromatic rings. The molecule has 0 amide bonds. The van der Waals surface area contributed by atoms with Crippen LogP contribution in [0.4, 0.5) is 0 Å².